The Balaban J connectivity index is 1.45. The number of furan rings is 1. The summed E-state index contributed by atoms with van der Waals surface area (Å²) in [6, 6.07) is 13.2. The minimum absolute atomic E-state index is 0.0467. The van der Waals surface area contributed by atoms with Gasteiger partial charge in [-0.2, -0.15) is 0 Å². The van der Waals surface area contributed by atoms with Crippen LogP contribution >= 0.6 is 23.2 Å². The molecule has 1 aliphatic heterocycles. The van der Waals surface area contributed by atoms with Gasteiger partial charge < -0.3 is 20.0 Å². The minimum atomic E-state index is -0.442. The first-order chi connectivity index (χ1) is 15.9. The van der Waals surface area contributed by atoms with Crippen molar-refractivity contribution in [2.24, 2.45) is 0 Å². The number of carbonyl (C=O) groups is 1. The number of anilines is 2. The van der Waals surface area contributed by atoms with Crippen LogP contribution in [0.5, 0.6) is 0 Å². The fourth-order valence-corrected chi connectivity index (χ4v) is 4.08. The van der Waals surface area contributed by atoms with E-state index < -0.39 is 10.8 Å². The van der Waals surface area contributed by atoms with E-state index in [2.05, 4.69) is 10.6 Å². The SMILES string of the molecule is O=C(/C=C/c1ccc(-c2cc(Cl)cc(Cl)c2)o1)Nc1ccc(N2CCNCC2)c([N+](=O)[O-])c1. The van der Waals surface area contributed by atoms with Crippen LogP contribution < -0.4 is 15.5 Å². The molecule has 4 rings (SSSR count). The molecule has 8 nitrogen and oxygen atoms in total. The molecule has 2 heterocycles. The van der Waals surface area contributed by atoms with Gasteiger partial charge >= 0.3 is 0 Å². The largest absolute Gasteiger partial charge is 0.457 e. The number of carbonyl (C=O) groups excluding carboxylic acids is 1. The third-order valence-electron chi connectivity index (χ3n) is 5.07. The second kappa shape index (κ2) is 10.1. The Bertz CT molecular complexity index is 1200. The van der Waals surface area contributed by atoms with Crippen LogP contribution in [-0.4, -0.2) is 37.0 Å². The monoisotopic (exact) mass is 486 g/mol. The highest BCUT2D eigenvalue weighted by Crippen LogP contribution is 2.32. The second-order valence-corrected chi connectivity index (χ2v) is 8.25. The summed E-state index contributed by atoms with van der Waals surface area (Å²) in [7, 11) is 0. The first-order valence-electron chi connectivity index (χ1n) is 10.2. The molecule has 0 bridgehead atoms. The summed E-state index contributed by atoms with van der Waals surface area (Å²) in [6.07, 6.45) is 2.80. The molecule has 0 spiro atoms. The molecule has 1 amide bonds. The number of nitrogens with zero attached hydrogens (tertiary/aromatic N) is 2. The highest BCUT2D eigenvalue weighted by Gasteiger charge is 2.21. The molecular weight excluding hydrogens is 467 g/mol. The van der Waals surface area contributed by atoms with Crippen molar-refractivity contribution in [3.8, 4) is 11.3 Å². The predicted molar refractivity (Wildman–Crippen MR) is 130 cm³/mol. The first-order valence-corrected chi connectivity index (χ1v) is 10.9. The van der Waals surface area contributed by atoms with Gasteiger partial charge in [0.1, 0.15) is 17.2 Å². The fourth-order valence-electron chi connectivity index (χ4n) is 3.56. The maximum absolute atomic E-state index is 12.4. The van der Waals surface area contributed by atoms with Gasteiger partial charge in [-0.25, -0.2) is 0 Å². The van der Waals surface area contributed by atoms with E-state index in [1.807, 2.05) is 4.90 Å². The van der Waals surface area contributed by atoms with Gasteiger partial charge in [0.2, 0.25) is 5.91 Å². The van der Waals surface area contributed by atoms with Crippen molar-refractivity contribution in [3.05, 3.63) is 80.5 Å². The fraction of sp³-hybridized carbons (Fsp3) is 0.174. The van der Waals surface area contributed by atoms with E-state index in [1.54, 1.807) is 42.5 Å². The average molecular weight is 487 g/mol. The van der Waals surface area contributed by atoms with Crippen molar-refractivity contribution in [1.82, 2.24) is 5.32 Å². The van der Waals surface area contributed by atoms with Gasteiger partial charge in [-0.1, -0.05) is 23.2 Å². The van der Waals surface area contributed by atoms with Crippen LogP contribution in [0.1, 0.15) is 5.76 Å². The Labute approximate surface area is 199 Å². The van der Waals surface area contributed by atoms with Gasteiger partial charge in [-0.15, -0.1) is 0 Å². The standard InChI is InChI=1S/C23H20Cl2N4O4/c24-16-11-15(12-17(25)13-16)22-5-2-19(33-22)3-6-23(30)27-18-1-4-20(21(14-18)29(31)32)28-9-7-26-8-10-28/h1-6,11-14,26H,7-10H2,(H,27,30)/b6-3+. The van der Waals surface area contributed by atoms with Crippen molar-refractivity contribution in [1.29, 1.82) is 0 Å². The number of nitro groups is 1. The Morgan fingerprint density at radius 2 is 1.82 bits per heavy atom. The van der Waals surface area contributed by atoms with Crippen LogP contribution in [0, 0.1) is 10.1 Å². The summed E-state index contributed by atoms with van der Waals surface area (Å²) in [6.45, 7) is 2.89. The summed E-state index contributed by atoms with van der Waals surface area (Å²) in [5, 5.41) is 18.4. The number of amides is 1. The molecule has 1 aliphatic rings. The lowest BCUT2D eigenvalue weighted by molar-refractivity contribution is -0.384. The van der Waals surface area contributed by atoms with Crippen molar-refractivity contribution >= 4 is 52.2 Å². The van der Waals surface area contributed by atoms with E-state index >= 15 is 0 Å². The van der Waals surface area contributed by atoms with E-state index in [9.17, 15) is 14.9 Å². The van der Waals surface area contributed by atoms with Gasteiger partial charge in [0.15, 0.2) is 0 Å². The summed E-state index contributed by atoms with van der Waals surface area (Å²) in [5.74, 6) is 0.567. The first kappa shape index (κ1) is 22.8. The van der Waals surface area contributed by atoms with Gasteiger partial charge in [0, 0.05) is 59.6 Å². The third kappa shape index (κ3) is 5.73. The number of benzene rings is 2. The molecule has 2 N–H and O–H groups in total. The summed E-state index contributed by atoms with van der Waals surface area (Å²) in [4.78, 5) is 25.5. The molecular formula is C23H20Cl2N4O4. The molecule has 170 valence electrons. The van der Waals surface area contributed by atoms with Crippen LogP contribution in [0.3, 0.4) is 0 Å². The van der Waals surface area contributed by atoms with Gasteiger partial charge in [0.05, 0.1) is 4.92 Å². The smallest absolute Gasteiger partial charge is 0.294 e. The molecule has 1 fully saturated rings. The van der Waals surface area contributed by atoms with Crippen LogP contribution in [0.25, 0.3) is 17.4 Å². The molecule has 33 heavy (non-hydrogen) atoms. The van der Waals surface area contributed by atoms with Crippen LogP contribution in [-0.2, 0) is 4.79 Å². The second-order valence-electron chi connectivity index (χ2n) is 7.38. The highest BCUT2D eigenvalue weighted by atomic mass is 35.5. The number of nitrogens with one attached hydrogen (secondary N) is 2. The van der Waals surface area contributed by atoms with Crippen molar-refractivity contribution in [2.45, 2.75) is 0 Å². The zero-order chi connectivity index (χ0) is 23.4. The zero-order valence-electron chi connectivity index (χ0n) is 17.4. The average Bonchev–Trinajstić information content (AvgIpc) is 3.27. The quantitative estimate of drug-likeness (QED) is 0.281. The molecule has 0 unspecified atom stereocenters. The minimum Gasteiger partial charge on any atom is -0.457 e. The lowest BCUT2D eigenvalue weighted by Crippen LogP contribution is -2.43. The number of piperazine rings is 1. The number of hydrogen-bond donors (Lipinski definition) is 2. The number of hydrogen-bond acceptors (Lipinski definition) is 6. The highest BCUT2D eigenvalue weighted by molar-refractivity contribution is 6.35. The number of rotatable bonds is 6. The van der Waals surface area contributed by atoms with Gasteiger partial charge in [-0.3, -0.25) is 14.9 Å². The Kier molecular flexibility index (Phi) is 6.98. The molecule has 0 radical (unpaired) electrons. The molecule has 2 aromatic carbocycles. The van der Waals surface area contributed by atoms with Crippen LogP contribution in [0.4, 0.5) is 17.1 Å². The molecule has 0 aliphatic carbocycles. The lowest BCUT2D eigenvalue weighted by Gasteiger charge is -2.29. The van der Waals surface area contributed by atoms with Crippen molar-refractivity contribution in [3.63, 3.8) is 0 Å². The van der Waals surface area contributed by atoms with Crippen molar-refractivity contribution < 1.29 is 14.1 Å². The Morgan fingerprint density at radius 1 is 1.09 bits per heavy atom. The predicted octanol–water partition coefficient (Wildman–Crippen LogP) is 5.22. The summed E-state index contributed by atoms with van der Waals surface area (Å²) >= 11 is 12.1. The van der Waals surface area contributed by atoms with E-state index in [-0.39, 0.29) is 5.69 Å². The Morgan fingerprint density at radius 3 is 2.52 bits per heavy atom. The summed E-state index contributed by atoms with van der Waals surface area (Å²) in [5.41, 5.74) is 1.55. The third-order valence-corrected chi connectivity index (χ3v) is 5.51. The maximum Gasteiger partial charge on any atom is 0.294 e. The van der Waals surface area contributed by atoms with Crippen LogP contribution in [0.2, 0.25) is 10.0 Å². The van der Waals surface area contributed by atoms with Crippen molar-refractivity contribution in [2.75, 3.05) is 36.4 Å². The lowest BCUT2D eigenvalue weighted by atomic mass is 10.2. The molecule has 0 atom stereocenters. The normalized spacial score (nSPS) is 13.9. The van der Waals surface area contributed by atoms with E-state index in [0.29, 0.717) is 51.6 Å². The van der Waals surface area contributed by atoms with E-state index in [1.165, 1.54) is 18.2 Å². The molecule has 0 saturated carbocycles. The molecule has 1 aromatic heterocycles. The molecule has 10 heteroatoms. The van der Waals surface area contributed by atoms with Gasteiger partial charge in [0.25, 0.3) is 5.69 Å². The summed E-state index contributed by atoms with van der Waals surface area (Å²) < 4.78 is 5.73. The molecule has 3 aromatic rings. The van der Waals surface area contributed by atoms with E-state index in [0.717, 1.165) is 13.1 Å². The zero-order valence-corrected chi connectivity index (χ0v) is 18.9. The maximum atomic E-state index is 12.4. The Hall–Kier alpha value is -3.33. The number of nitro benzene ring substituents is 1. The van der Waals surface area contributed by atoms with Gasteiger partial charge in [-0.05, 0) is 48.5 Å². The van der Waals surface area contributed by atoms with Crippen LogP contribution in [0.15, 0.2) is 59.0 Å². The number of halogens is 2. The molecule has 1 saturated heterocycles. The van der Waals surface area contributed by atoms with E-state index in [4.69, 9.17) is 27.6 Å². The topological polar surface area (TPSA) is 101 Å².